The van der Waals surface area contributed by atoms with Crippen molar-refractivity contribution in [2.45, 2.75) is 25.4 Å². The molecule has 222 valence electrons. The Morgan fingerprint density at radius 2 is 1.91 bits per heavy atom. The molecule has 3 aromatic heterocycles. The van der Waals surface area contributed by atoms with Crippen molar-refractivity contribution in [1.82, 2.24) is 14.5 Å². The first-order valence-electron chi connectivity index (χ1n) is 14.2. The third-order valence-corrected chi connectivity index (χ3v) is 9.07. The Kier molecular flexibility index (Phi) is 8.02. The van der Waals surface area contributed by atoms with Gasteiger partial charge >= 0.3 is 0 Å². The number of aromatic nitrogens is 2. The van der Waals surface area contributed by atoms with E-state index in [1.807, 2.05) is 65.5 Å². The molecule has 0 atom stereocenters. The number of aliphatic hydroxyl groups excluding tert-OH is 1. The number of rotatable bonds is 8. The van der Waals surface area contributed by atoms with Gasteiger partial charge in [0.05, 0.1) is 35.5 Å². The number of likely N-dealkylation sites (tertiary alicyclic amines) is 1. The van der Waals surface area contributed by atoms with Gasteiger partial charge in [-0.1, -0.05) is 24.3 Å². The van der Waals surface area contributed by atoms with Gasteiger partial charge in [-0.15, -0.1) is 11.3 Å². The quantitative estimate of drug-likeness (QED) is 0.196. The molecule has 6 rings (SSSR count). The lowest BCUT2D eigenvalue weighted by Gasteiger charge is -2.29. The molecule has 1 fully saturated rings. The number of piperidine rings is 1. The number of fused-ring (bicyclic) bond motifs is 2. The summed E-state index contributed by atoms with van der Waals surface area (Å²) in [7, 11) is 3.43. The predicted molar refractivity (Wildman–Crippen MR) is 172 cm³/mol. The summed E-state index contributed by atoms with van der Waals surface area (Å²) in [5.74, 6) is 0.535. The maximum Gasteiger partial charge on any atom is 0.272 e. The van der Waals surface area contributed by atoms with E-state index >= 15 is 0 Å². The van der Waals surface area contributed by atoms with Crippen molar-refractivity contribution in [3.8, 4) is 16.9 Å². The number of pyridine rings is 1. The lowest BCUT2D eigenvalue weighted by atomic mass is 10.0. The fourth-order valence-electron chi connectivity index (χ4n) is 5.64. The van der Waals surface area contributed by atoms with Crippen LogP contribution < -0.4 is 21.1 Å². The summed E-state index contributed by atoms with van der Waals surface area (Å²) < 4.78 is 8.38. The summed E-state index contributed by atoms with van der Waals surface area (Å²) in [4.78, 5) is 32.6. The van der Waals surface area contributed by atoms with Crippen molar-refractivity contribution in [2.24, 2.45) is 7.05 Å². The van der Waals surface area contributed by atoms with Gasteiger partial charge in [0, 0.05) is 60.3 Å². The first-order chi connectivity index (χ1) is 20.8. The highest BCUT2D eigenvalue weighted by atomic mass is 32.1. The van der Waals surface area contributed by atoms with Gasteiger partial charge in [-0.2, -0.15) is 0 Å². The molecule has 0 saturated carbocycles. The van der Waals surface area contributed by atoms with Gasteiger partial charge in [0.25, 0.3) is 5.91 Å². The number of benzene rings is 2. The van der Waals surface area contributed by atoms with Crippen molar-refractivity contribution in [2.75, 3.05) is 43.1 Å². The number of carbonyl (C=O) groups excluding carboxylic acids is 2. The van der Waals surface area contributed by atoms with Gasteiger partial charge < -0.3 is 35.7 Å². The SMILES string of the molecule is COc1cc(-c2csc3c(NC(=O)CCN4CCC(O)CC4)cnc(N)c23)ccc1NC(=O)c1cc2ccccc2n1C. The summed E-state index contributed by atoms with van der Waals surface area (Å²) in [6.07, 6.45) is 3.19. The molecule has 0 bridgehead atoms. The fourth-order valence-corrected chi connectivity index (χ4v) is 6.69. The molecule has 1 saturated heterocycles. The van der Waals surface area contributed by atoms with E-state index in [4.69, 9.17) is 10.5 Å². The highest BCUT2D eigenvalue weighted by Crippen LogP contribution is 2.42. The molecule has 0 spiro atoms. The largest absolute Gasteiger partial charge is 0.495 e. The zero-order valence-corrected chi connectivity index (χ0v) is 24.9. The van der Waals surface area contributed by atoms with Crippen molar-refractivity contribution in [3.63, 3.8) is 0 Å². The molecule has 11 heteroatoms. The van der Waals surface area contributed by atoms with Crippen LogP contribution in [0.25, 0.3) is 32.1 Å². The van der Waals surface area contributed by atoms with Crippen LogP contribution in [-0.4, -0.2) is 64.2 Å². The summed E-state index contributed by atoms with van der Waals surface area (Å²) in [6.45, 7) is 2.24. The number of hydrogen-bond acceptors (Lipinski definition) is 8. The number of amides is 2. The van der Waals surface area contributed by atoms with E-state index in [-0.39, 0.29) is 17.9 Å². The minimum atomic E-state index is -0.239. The van der Waals surface area contributed by atoms with Gasteiger partial charge in [0.1, 0.15) is 17.3 Å². The van der Waals surface area contributed by atoms with Crippen LogP contribution in [0.3, 0.4) is 0 Å². The number of nitrogens with two attached hydrogens (primary N) is 1. The van der Waals surface area contributed by atoms with E-state index in [0.29, 0.717) is 41.6 Å². The van der Waals surface area contributed by atoms with Crippen LogP contribution in [0.2, 0.25) is 0 Å². The molecule has 5 aromatic rings. The van der Waals surface area contributed by atoms with Crippen LogP contribution in [0.15, 0.2) is 60.1 Å². The van der Waals surface area contributed by atoms with Gasteiger partial charge in [-0.3, -0.25) is 9.59 Å². The molecule has 43 heavy (non-hydrogen) atoms. The number of para-hydroxylation sites is 1. The van der Waals surface area contributed by atoms with Gasteiger partial charge in [-0.25, -0.2) is 4.98 Å². The third-order valence-electron chi connectivity index (χ3n) is 8.06. The molecular weight excluding hydrogens is 564 g/mol. The Morgan fingerprint density at radius 3 is 2.67 bits per heavy atom. The lowest BCUT2D eigenvalue weighted by molar-refractivity contribution is -0.116. The number of hydrogen-bond donors (Lipinski definition) is 4. The number of thiophene rings is 1. The molecule has 2 aromatic carbocycles. The highest BCUT2D eigenvalue weighted by molar-refractivity contribution is 7.18. The summed E-state index contributed by atoms with van der Waals surface area (Å²) >= 11 is 1.48. The minimum Gasteiger partial charge on any atom is -0.495 e. The van der Waals surface area contributed by atoms with Gasteiger partial charge in [-0.05, 0) is 42.7 Å². The number of nitrogens with one attached hydrogen (secondary N) is 2. The molecule has 1 aliphatic rings. The smallest absolute Gasteiger partial charge is 0.272 e. The Hall–Kier alpha value is -4.45. The van der Waals surface area contributed by atoms with Crippen molar-refractivity contribution in [3.05, 3.63) is 65.8 Å². The van der Waals surface area contributed by atoms with Crippen LogP contribution in [0.1, 0.15) is 29.8 Å². The zero-order chi connectivity index (χ0) is 30.1. The maximum absolute atomic E-state index is 13.2. The van der Waals surface area contributed by atoms with E-state index in [0.717, 1.165) is 58.0 Å². The number of anilines is 3. The molecule has 10 nitrogen and oxygen atoms in total. The van der Waals surface area contributed by atoms with Crippen LogP contribution in [0.4, 0.5) is 17.2 Å². The molecule has 2 amide bonds. The number of aliphatic hydroxyl groups is 1. The second-order valence-electron chi connectivity index (χ2n) is 10.8. The number of nitrogens with zero attached hydrogens (tertiary/aromatic N) is 3. The average Bonchev–Trinajstić information content (AvgIpc) is 3.61. The Bertz CT molecular complexity index is 1820. The third kappa shape index (κ3) is 5.79. The van der Waals surface area contributed by atoms with Gasteiger partial charge in [0.2, 0.25) is 5.91 Å². The van der Waals surface area contributed by atoms with Crippen LogP contribution in [0.5, 0.6) is 5.75 Å². The second kappa shape index (κ2) is 12.0. The average molecular weight is 599 g/mol. The standard InChI is InChI=1S/C32H34N6O4S/c1-37-25-6-4-3-5-20(25)15-26(37)32(41)36-23-8-7-19(16-27(23)42-2)22-18-43-30-24(17-34-31(33)29(22)30)35-28(40)11-14-38-12-9-21(39)10-13-38/h3-8,15-18,21,39H,9-14H2,1-2H3,(H2,33,34)(H,35,40)(H,36,41). The van der Waals surface area contributed by atoms with Crippen LogP contribution >= 0.6 is 11.3 Å². The van der Waals surface area contributed by atoms with E-state index < -0.39 is 0 Å². The summed E-state index contributed by atoms with van der Waals surface area (Å²) in [6, 6.07) is 15.3. The Labute approximate surface area is 253 Å². The molecule has 0 unspecified atom stereocenters. The monoisotopic (exact) mass is 598 g/mol. The molecule has 1 aliphatic heterocycles. The zero-order valence-electron chi connectivity index (χ0n) is 24.1. The minimum absolute atomic E-state index is 0.0955. The van der Waals surface area contributed by atoms with E-state index in [2.05, 4.69) is 20.5 Å². The first-order valence-corrected chi connectivity index (χ1v) is 15.1. The number of ether oxygens (including phenoxy) is 1. The van der Waals surface area contributed by atoms with Gasteiger partial charge in [0.15, 0.2) is 0 Å². The topological polar surface area (TPSA) is 135 Å². The van der Waals surface area contributed by atoms with Crippen LogP contribution in [0, 0.1) is 0 Å². The molecule has 4 heterocycles. The molecule has 0 radical (unpaired) electrons. The fraction of sp³-hybridized carbons (Fsp3) is 0.281. The summed E-state index contributed by atoms with van der Waals surface area (Å²) in [5.41, 5.74) is 10.7. The van der Waals surface area contributed by atoms with Crippen molar-refractivity contribution >= 4 is 61.3 Å². The number of methoxy groups -OCH3 is 1. The second-order valence-corrected chi connectivity index (χ2v) is 11.7. The normalized spacial score (nSPS) is 14.3. The lowest BCUT2D eigenvalue weighted by Crippen LogP contribution is -2.37. The molecular formula is C32H34N6O4S. The number of aryl methyl sites for hydroxylation is 1. The number of nitrogen functional groups attached to an aromatic ring is 1. The summed E-state index contributed by atoms with van der Waals surface area (Å²) in [5, 5.41) is 19.4. The molecule has 5 N–H and O–H groups in total. The highest BCUT2D eigenvalue weighted by Gasteiger charge is 2.20. The van der Waals surface area contributed by atoms with Crippen molar-refractivity contribution < 1.29 is 19.4 Å². The maximum atomic E-state index is 13.2. The van der Waals surface area contributed by atoms with E-state index in [1.165, 1.54) is 11.3 Å². The van der Waals surface area contributed by atoms with Crippen molar-refractivity contribution in [1.29, 1.82) is 0 Å². The van der Waals surface area contributed by atoms with E-state index in [1.54, 1.807) is 13.3 Å². The molecule has 0 aliphatic carbocycles. The predicted octanol–water partition coefficient (Wildman–Crippen LogP) is 5.08. The Morgan fingerprint density at radius 1 is 1.12 bits per heavy atom. The first kappa shape index (κ1) is 28.7. The Balaban J connectivity index is 1.21. The number of carbonyl (C=O) groups is 2. The van der Waals surface area contributed by atoms with Crippen LogP contribution in [-0.2, 0) is 11.8 Å². The van der Waals surface area contributed by atoms with E-state index in [9.17, 15) is 14.7 Å².